The second-order valence-electron chi connectivity index (χ2n) is 4.30. The van der Waals surface area contributed by atoms with Crippen molar-refractivity contribution in [3.05, 3.63) is 0 Å². The van der Waals surface area contributed by atoms with Crippen LogP contribution in [0.25, 0.3) is 0 Å². The number of likely N-dealkylation sites (N-methyl/N-ethyl adjacent to an activating group) is 1. The lowest BCUT2D eigenvalue weighted by atomic mass is 10.3. The summed E-state index contributed by atoms with van der Waals surface area (Å²) in [6.07, 6.45) is -4.38. The molecule has 0 aromatic rings. The maximum Gasteiger partial charge on any atom is 0.405 e. The molecule has 0 fully saturated rings. The van der Waals surface area contributed by atoms with Gasteiger partial charge in [0.25, 0.3) is 0 Å². The van der Waals surface area contributed by atoms with E-state index in [0.29, 0.717) is 19.7 Å². The molecule has 1 amide bonds. The van der Waals surface area contributed by atoms with E-state index in [9.17, 15) is 18.0 Å². The quantitative estimate of drug-likeness (QED) is 0.636. The molecule has 5 nitrogen and oxygen atoms in total. The number of hydrogen-bond acceptors (Lipinski definition) is 4. The van der Waals surface area contributed by atoms with E-state index in [1.54, 1.807) is 7.11 Å². The number of nitrogens with zero attached hydrogens (tertiary/aromatic N) is 1. The summed E-state index contributed by atoms with van der Waals surface area (Å²) in [4.78, 5) is 13.3. The second kappa shape index (κ2) is 9.11. The topological polar surface area (TPSA) is 53.6 Å². The molecule has 0 saturated carbocycles. The predicted octanol–water partition coefficient (Wildman–Crippen LogP) is 0.221. The first-order valence-electron chi connectivity index (χ1n) is 6.01. The zero-order valence-electron chi connectivity index (χ0n) is 11.5. The van der Waals surface area contributed by atoms with E-state index < -0.39 is 24.7 Å². The van der Waals surface area contributed by atoms with Crippen LogP contribution in [-0.2, 0) is 9.53 Å². The van der Waals surface area contributed by atoms with E-state index in [-0.39, 0.29) is 0 Å². The molecule has 19 heavy (non-hydrogen) atoms. The van der Waals surface area contributed by atoms with Gasteiger partial charge in [0.05, 0.1) is 12.6 Å². The Morgan fingerprint density at radius 3 is 2.53 bits per heavy atom. The fourth-order valence-corrected chi connectivity index (χ4v) is 1.26. The molecule has 0 spiro atoms. The van der Waals surface area contributed by atoms with Crippen molar-refractivity contribution in [1.29, 1.82) is 0 Å². The highest BCUT2D eigenvalue weighted by atomic mass is 19.4. The molecule has 0 aromatic carbocycles. The average molecular weight is 285 g/mol. The highest BCUT2D eigenvalue weighted by molar-refractivity contribution is 5.81. The highest BCUT2D eigenvalue weighted by Gasteiger charge is 2.28. The lowest BCUT2D eigenvalue weighted by Gasteiger charge is -2.19. The summed E-state index contributed by atoms with van der Waals surface area (Å²) in [7, 11) is 3.51. The van der Waals surface area contributed by atoms with Crippen LogP contribution in [0.3, 0.4) is 0 Å². The third-order valence-corrected chi connectivity index (χ3v) is 2.48. The third-order valence-electron chi connectivity index (χ3n) is 2.48. The number of methoxy groups -OCH3 is 1. The van der Waals surface area contributed by atoms with E-state index in [2.05, 4.69) is 5.32 Å². The SMILES string of the molecule is COCCN(C)CCNC(C)C(=O)NCC(F)(F)F. The number of amides is 1. The van der Waals surface area contributed by atoms with Crippen molar-refractivity contribution >= 4 is 5.91 Å². The number of ether oxygens (including phenoxy) is 1. The molecule has 2 N–H and O–H groups in total. The van der Waals surface area contributed by atoms with Crippen molar-refractivity contribution in [2.24, 2.45) is 0 Å². The number of nitrogens with one attached hydrogen (secondary N) is 2. The number of carbonyl (C=O) groups excluding carboxylic acids is 1. The van der Waals surface area contributed by atoms with Gasteiger partial charge in [-0.15, -0.1) is 0 Å². The Kier molecular flexibility index (Phi) is 8.70. The van der Waals surface area contributed by atoms with Crippen LogP contribution in [0.2, 0.25) is 0 Å². The number of carbonyl (C=O) groups is 1. The molecule has 1 atom stereocenters. The molecule has 0 aliphatic carbocycles. The maximum atomic E-state index is 11.9. The minimum absolute atomic E-state index is 0.515. The molecule has 8 heteroatoms. The van der Waals surface area contributed by atoms with Crippen LogP contribution in [0.15, 0.2) is 0 Å². The van der Waals surface area contributed by atoms with Crippen molar-refractivity contribution in [3.8, 4) is 0 Å². The van der Waals surface area contributed by atoms with Crippen LogP contribution < -0.4 is 10.6 Å². The largest absolute Gasteiger partial charge is 0.405 e. The highest BCUT2D eigenvalue weighted by Crippen LogP contribution is 2.12. The van der Waals surface area contributed by atoms with Gasteiger partial charge in [0, 0.05) is 26.7 Å². The van der Waals surface area contributed by atoms with Crippen LogP contribution >= 0.6 is 0 Å². The Balaban J connectivity index is 3.73. The summed E-state index contributed by atoms with van der Waals surface area (Å²) in [6, 6.07) is -0.654. The molecule has 114 valence electrons. The molecule has 0 bridgehead atoms. The van der Waals surface area contributed by atoms with Crippen LogP contribution in [0.5, 0.6) is 0 Å². The Morgan fingerprint density at radius 1 is 1.37 bits per heavy atom. The number of hydrogen-bond donors (Lipinski definition) is 2. The zero-order chi connectivity index (χ0) is 14.9. The monoisotopic (exact) mass is 285 g/mol. The van der Waals surface area contributed by atoms with Gasteiger partial charge in [-0.1, -0.05) is 0 Å². The molecule has 0 rings (SSSR count). The molecule has 0 aliphatic rings. The Bertz CT molecular complexity index is 262. The van der Waals surface area contributed by atoms with Crippen molar-refractivity contribution in [2.45, 2.75) is 19.1 Å². The fraction of sp³-hybridized carbons (Fsp3) is 0.909. The van der Waals surface area contributed by atoms with Gasteiger partial charge in [-0.05, 0) is 14.0 Å². The van der Waals surface area contributed by atoms with E-state index in [4.69, 9.17) is 4.74 Å². The molecular formula is C11H22F3N3O2. The first-order valence-corrected chi connectivity index (χ1v) is 6.01. The summed E-state index contributed by atoms with van der Waals surface area (Å²) in [5, 5.41) is 4.70. The van der Waals surface area contributed by atoms with Crippen LogP contribution in [0.1, 0.15) is 6.92 Å². The minimum atomic E-state index is -4.38. The van der Waals surface area contributed by atoms with Gasteiger partial charge in [-0.3, -0.25) is 4.79 Å². The van der Waals surface area contributed by atoms with E-state index in [1.165, 1.54) is 6.92 Å². The predicted molar refractivity (Wildman–Crippen MR) is 65.9 cm³/mol. The van der Waals surface area contributed by atoms with Crippen molar-refractivity contribution in [2.75, 3.05) is 46.9 Å². The Labute approximate surface area is 111 Å². The van der Waals surface area contributed by atoms with Crippen LogP contribution in [0, 0.1) is 0 Å². The first kappa shape index (κ1) is 18.1. The second-order valence-corrected chi connectivity index (χ2v) is 4.30. The summed E-state index contributed by atoms with van der Waals surface area (Å²) in [5.74, 6) is -0.656. The van der Waals surface area contributed by atoms with Gasteiger partial charge in [0.15, 0.2) is 0 Å². The summed E-state index contributed by atoms with van der Waals surface area (Å²) >= 11 is 0. The van der Waals surface area contributed by atoms with Gasteiger partial charge in [-0.25, -0.2) is 0 Å². The maximum absolute atomic E-state index is 11.9. The Morgan fingerprint density at radius 2 is 2.00 bits per heavy atom. The standard InChI is InChI=1S/C11H22F3N3O2/c1-9(10(18)16-8-11(12,13)14)15-4-5-17(2)6-7-19-3/h9,15H,4-8H2,1-3H3,(H,16,18). The van der Waals surface area contributed by atoms with Crippen molar-refractivity contribution in [3.63, 3.8) is 0 Å². The van der Waals surface area contributed by atoms with Crippen LogP contribution in [0.4, 0.5) is 13.2 Å². The smallest absolute Gasteiger partial charge is 0.383 e. The van der Waals surface area contributed by atoms with Gasteiger partial charge in [-0.2, -0.15) is 13.2 Å². The van der Waals surface area contributed by atoms with Gasteiger partial charge >= 0.3 is 6.18 Å². The fourth-order valence-electron chi connectivity index (χ4n) is 1.26. The number of halogens is 3. The van der Waals surface area contributed by atoms with E-state index in [1.807, 2.05) is 17.3 Å². The Hall–Kier alpha value is -0.860. The molecule has 1 unspecified atom stereocenters. The first-order chi connectivity index (χ1) is 8.76. The lowest BCUT2D eigenvalue weighted by molar-refractivity contribution is -0.139. The normalized spacial score (nSPS) is 13.6. The number of alkyl halides is 3. The van der Waals surface area contributed by atoms with Crippen LogP contribution in [-0.4, -0.2) is 70.0 Å². The molecular weight excluding hydrogens is 263 g/mol. The van der Waals surface area contributed by atoms with Crippen molar-refractivity contribution < 1.29 is 22.7 Å². The third kappa shape index (κ3) is 10.7. The summed E-state index contributed by atoms with van der Waals surface area (Å²) < 4.78 is 40.6. The molecule has 0 saturated heterocycles. The summed E-state index contributed by atoms with van der Waals surface area (Å²) in [5.41, 5.74) is 0. The van der Waals surface area contributed by atoms with Gasteiger partial charge in [0.2, 0.25) is 5.91 Å². The lowest BCUT2D eigenvalue weighted by Crippen LogP contribution is -2.46. The van der Waals surface area contributed by atoms with Gasteiger partial charge < -0.3 is 20.3 Å². The molecule has 0 aromatic heterocycles. The number of rotatable bonds is 9. The average Bonchev–Trinajstić information content (AvgIpc) is 2.32. The molecule has 0 heterocycles. The van der Waals surface area contributed by atoms with E-state index in [0.717, 1.165) is 6.54 Å². The summed E-state index contributed by atoms with van der Waals surface area (Å²) in [6.45, 7) is 2.79. The van der Waals surface area contributed by atoms with E-state index >= 15 is 0 Å². The minimum Gasteiger partial charge on any atom is -0.383 e. The van der Waals surface area contributed by atoms with Crippen molar-refractivity contribution in [1.82, 2.24) is 15.5 Å². The molecule has 0 aliphatic heterocycles. The zero-order valence-corrected chi connectivity index (χ0v) is 11.5. The van der Waals surface area contributed by atoms with Gasteiger partial charge in [0.1, 0.15) is 6.54 Å². The molecule has 0 radical (unpaired) electrons.